The van der Waals surface area contributed by atoms with Gasteiger partial charge >= 0.3 is 0 Å². The molecule has 22 heavy (non-hydrogen) atoms. The number of carbonyl (C=O) groups is 1. The highest BCUT2D eigenvalue weighted by molar-refractivity contribution is 5.90. The highest BCUT2D eigenvalue weighted by Crippen LogP contribution is 2.26. The van der Waals surface area contributed by atoms with Crippen molar-refractivity contribution in [1.29, 1.82) is 0 Å². The van der Waals surface area contributed by atoms with E-state index in [4.69, 9.17) is 5.11 Å². The van der Waals surface area contributed by atoms with Crippen LogP contribution in [0, 0.1) is 5.92 Å². The molecule has 0 aromatic heterocycles. The Morgan fingerprint density at radius 2 is 1.91 bits per heavy atom. The fraction of sp³-hybridized carbons (Fsp3) is 0.389. The minimum atomic E-state index is -0.521. The second-order valence-electron chi connectivity index (χ2n) is 6.06. The first-order chi connectivity index (χ1) is 10.7. The molecule has 1 aliphatic carbocycles. The van der Waals surface area contributed by atoms with Gasteiger partial charge in [-0.3, -0.25) is 4.79 Å². The van der Waals surface area contributed by atoms with E-state index < -0.39 is 6.10 Å². The molecule has 2 aromatic carbocycles. The van der Waals surface area contributed by atoms with E-state index in [2.05, 4.69) is 5.32 Å². The van der Waals surface area contributed by atoms with Crippen molar-refractivity contribution >= 4 is 16.7 Å². The van der Waals surface area contributed by atoms with Crippen LogP contribution in [0.15, 0.2) is 42.5 Å². The van der Waals surface area contributed by atoms with Crippen molar-refractivity contribution in [3.63, 3.8) is 0 Å². The monoisotopic (exact) mass is 299 g/mol. The molecule has 3 rings (SSSR count). The number of carbonyl (C=O) groups excluding carboxylic acids is 1. The molecule has 0 radical (unpaired) electrons. The largest absolute Gasteiger partial charge is 0.396 e. The van der Waals surface area contributed by atoms with Crippen LogP contribution in [-0.2, 0) is 11.2 Å². The maximum Gasteiger partial charge on any atom is 0.224 e. The number of benzene rings is 2. The topological polar surface area (TPSA) is 69.6 Å². The van der Waals surface area contributed by atoms with Crippen molar-refractivity contribution in [3.8, 4) is 0 Å². The highest BCUT2D eigenvalue weighted by atomic mass is 16.3. The Morgan fingerprint density at radius 3 is 2.68 bits per heavy atom. The van der Waals surface area contributed by atoms with Gasteiger partial charge in [0.15, 0.2) is 0 Å². The lowest BCUT2D eigenvalue weighted by molar-refractivity contribution is -0.121. The maximum absolute atomic E-state index is 12.3. The van der Waals surface area contributed by atoms with Crippen LogP contribution in [-0.4, -0.2) is 34.9 Å². The molecule has 1 aliphatic rings. The number of rotatable bonds is 4. The van der Waals surface area contributed by atoms with Crippen LogP contribution in [0.4, 0.5) is 0 Å². The Bertz CT molecular complexity index is 665. The zero-order chi connectivity index (χ0) is 15.5. The molecule has 3 atom stereocenters. The van der Waals surface area contributed by atoms with Crippen LogP contribution >= 0.6 is 0 Å². The van der Waals surface area contributed by atoms with Crippen LogP contribution in [0.5, 0.6) is 0 Å². The van der Waals surface area contributed by atoms with Gasteiger partial charge in [-0.2, -0.15) is 0 Å². The molecule has 2 aromatic rings. The lowest BCUT2D eigenvalue weighted by Gasteiger charge is -2.13. The third kappa shape index (κ3) is 3.13. The van der Waals surface area contributed by atoms with Crippen LogP contribution in [0.25, 0.3) is 10.8 Å². The van der Waals surface area contributed by atoms with Gasteiger partial charge in [-0.05, 0) is 29.2 Å². The van der Waals surface area contributed by atoms with Crippen molar-refractivity contribution in [2.75, 3.05) is 6.61 Å². The summed E-state index contributed by atoms with van der Waals surface area (Å²) in [7, 11) is 0. The predicted molar refractivity (Wildman–Crippen MR) is 85.4 cm³/mol. The molecule has 0 heterocycles. The number of nitrogens with one attached hydrogen (secondary N) is 1. The molecule has 1 fully saturated rings. The summed E-state index contributed by atoms with van der Waals surface area (Å²) in [6.45, 7) is -0.0309. The van der Waals surface area contributed by atoms with Crippen LogP contribution in [0.1, 0.15) is 18.4 Å². The van der Waals surface area contributed by atoms with Crippen molar-refractivity contribution in [3.05, 3.63) is 48.0 Å². The first-order valence-corrected chi connectivity index (χ1v) is 7.72. The summed E-state index contributed by atoms with van der Waals surface area (Å²) in [6, 6.07) is 14.0. The van der Waals surface area contributed by atoms with Gasteiger partial charge in [0, 0.05) is 18.6 Å². The first kappa shape index (κ1) is 15.0. The zero-order valence-corrected chi connectivity index (χ0v) is 12.4. The Balaban J connectivity index is 1.67. The van der Waals surface area contributed by atoms with E-state index in [1.54, 1.807) is 0 Å². The quantitative estimate of drug-likeness (QED) is 0.803. The molecule has 1 saturated carbocycles. The van der Waals surface area contributed by atoms with Crippen molar-refractivity contribution in [1.82, 2.24) is 5.32 Å². The SMILES string of the molecule is O=C(Cc1cccc2ccccc12)N[C@H]1C[C@H](CO)[C@@H](O)C1. The number of hydrogen-bond acceptors (Lipinski definition) is 3. The lowest BCUT2D eigenvalue weighted by atomic mass is 10.0. The molecule has 0 unspecified atom stereocenters. The minimum absolute atomic E-state index is 0.0309. The molecule has 0 saturated heterocycles. The molecular formula is C18H21NO3. The van der Waals surface area contributed by atoms with E-state index in [9.17, 15) is 9.90 Å². The summed E-state index contributed by atoms with van der Waals surface area (Å²) < 4.78 is 0. The Kier molecular flexibility index (Phi) is 4.41. The highest BCUT2D eigenvalue weighted by Gasteiger charge is 2.33. The van der Waals surface area contributed by atoms with E-state index in [1.807, 2.05) is 42.5 Å². The van der Waals surface area contributed by atoms with Gasteiger partial charge < -0.3 is 15.5 Å². The van der Waals surface area contributed by atoms with Crippen molar-refractivity contribution in [2.24, 2.45) is 5.92 Å². The molecule has 3 N–H and O–H groups in total. The van der Waals surface area contributed by atoms with Gasteiger partial charge in [0.1, 0.15) is 0 Å². The van der Waals surface area contributed by atoms with E-state index >= 15 is 0 Å². The fourth-order valence-corrected chi connectivity index (χ4v) is 3.32. The second kappa shape index (κ2) is 6.46. The summed E-state index contributed by atoms with van der Waals surface area (Å²) >= 11 is 0. The van der Waals surface area contributed by atoms with Gasteiger partial charge in [0.25, 0.3) is 0 Å². The van der Waals surface area contributed by atoms with Gasteiger partial charge in [0.05, 0.1) is 12.5 Å². The Labute approximate surface area is 129 Å². The maximum atomic E-state index is 12.3. The lowest BCUT2D eigenvalue weighted by Crippen LogP contribution is -2.34. The van der Waals surface area contributed by atoms with Gasteiger partial charge in [-0.1, -0.05) is 42.5 Å². The molecule has 0 aliphatic heterocycles. The van der Waals surface area contributed by atoms with Gasteiger partial charge in [-0.25, -0.2) is 0 Å². The Morgan fingerprint density at radius 1 is 1.14 bits per heavy atom. The molecule has 116 valence electrons. The predicted octanol–water partition coefficient (Wildman–Crippen LogP) is 1.63. The van der Waals surface area contributed by atoms with Crippen molar-refractivity contribution in [2.45, 2.75) is 31.4 Å². The molecule has 1 amide bonds. The number of hydrogen-bond donors (Lipinski definition) is 3. The van der Waals surface area contributed by atoms with E-state index in [-0.39, 0.29) is 24.5 Å². The third-order valence-corrected chi connectivity index (χ3v) is 4.49. The summed E-state index contributed by atoms with van der Waals surface area (Å²) in [4.78, 5) is 12.3. The average molecular weight is 299 g/mol. The number of aliphatic hydroxyl groups excluding tert-OH is 2. The zero-order valence-electron chi connectivity index (χ0n) is 12.4. The summed E-state index contributed by atoms with van der Waals surface area (Å²) in [6.07, 6.45) is 0.969. The van der Waals surface area contributed by atoms with E-state index in [0.29, 0.717) is 19.3 Å². The van der Waals surface area contributed by atoms with Gasteiger partial charge in [0.2, 0.25) is 5.91 Å². The smallest absolute Gasteiger partial charge is 0.224 e. The standard InChI is InChI=1S/C18H21NO3/c20-11-14-8-15(10-17(14)21)19-18(22)9-13-6-3-5-12-4-1-2-7-16(12)13/h1-7,14-15,17,20-21H,8-11H2,(H,19,22)/t14-,15+,17+/m1/s1. The minimum Gasteiger partial charge on any atom is -0.396 e. The normalized spacial score (nSPS) is 24.5. The van der Waals surface area contributed by atoms with Crippen LogP contribution < -0.4 is 5.32 Å². The summed E-state index contributed by atoms with van der Waals surface area (Å²) in [5, 5.41) is 24.2. The summed E-state index contributed by atoms with van der Waals surface area (Å²) in [5.74, 6) is -0.157. The first-order valence-electron chi connectivity index (χ1n) is 7.72. The van der Waals surface area contributed by atoms with E-state index in [1.165, 1.54) is 0 Å². The number of amides is 1. The molecule has 4 heteroatoms. The molecular weight excluding hydrogens is 278 g/mol. The van der Waals surface area contributed by atoms with E-state index in [0.717, 1.165) is 16.3 Å². The van der Waals surface area contributed by atoms with Crippen molar-refractivity contribution < 1.29 is 15.0 Å². The van der Waals surface area contributed by atoms with Crippen LogP contribution in [0.3, 0.4) is 0 Å². The molecule has 0 bridgehead atoms. The number of aliphatic hydroxyl groups is 2. The number of fused-ring (bicyclic) bond motifs is 1. The second-order valence-corrected chi connectivity index (χ2v) is 6.06. The third-order valence-electron chi connectivity index (χ3n) is 4.49. The van der Waals surface area contributed by atoms with Gasteiger partial charge in [-0.15, -0.1) is 0 Å². The Hall–Kier alpha value is -1.91. The van der Waals surface area contributed by atoms with Crippen LogP contribution in [0.2, 0.25) is 0 Å². The average Bonchev–Trinajstić information content (AvgIpc) is 2.87. The fourth-order valence-electron chi connectivity index (χ4n) is 3.32. The molecule has 0 spiro atoms. The molecule has 4 nitrogen and oxygen atoms in total. The summed E-state index contributed by atoms with van der Waals surface area (Å²) in [5.41, 5.74) is 1.01.